The number of ether oxygens (including phenoxy) is 1. The molecule has 2 aromatic rings. The van der Waals surface area contributed by atoms with E-state index in [1.807, 2.05) is 0 Å². The maximum absolute atomic E-state index is 11.9. The molecule has 2 rings (SSSR count). The van der Waals surface area contributed by atoms with Crippen molar-refractivity contribution in [1.82, 2.24) is 15.3 Å². The van der Waals surface area contributed by atoms with E-state index in [-0.39, 0.29) is 35.2 Å². The number of anilines is 2. The number of hydrogen-bond acceptors (Lipinski definition) is 9. The van der Waals surface area contributed by atoms with Crippen molar-refractivity contribution in [1.29, 1.82) is 0 Å². The van der Waals surface area contributed by atoms with Crippen LogP contribution < -0.4 is 27.1 Å². The molecule has 0 fully saturated rings. The molecular formula is C16H19N5O7S. The number of amides is 1. The van der Waals surface area contributed by atoms with Gasteiger partial charge in [0.15, 0.2) is 5.06 Å². The largest absolute Gasteiger partial charge is 0.481 e. The predicted molar refractivity (Wildman–Crippen MR) is 103 cm³/mol. The van der Waals surface area contributed by atoms with Gasteiger partial charge in [-0.05, 0) is 31.4 Å². The number of nitrogen functional groups attached to an aromatic ring is 2. The number of aliphatic carboxylic acids is 2. The van der Waals surface area contributed by atoms with Crippen molar-refractivity contribution in [3.8, 4) is 5.06 Å². The summed E-state index contributed by atoms with van der Waals surface area (Å²) in [6.45, 7) is 0. The van der Waals surface area contributed by atoms with Crippen LogP contribution in [0.2, 0.25) is 0 Å². The Hall–Kier alpha value is -3.61. The number of thiophene rings is 1. The van der Waals surface area contributed by atoms with Crippen LogP contribution in [-0.2, 0) is 22.4 Å². The molecule has 2 aromatic heterocycles. The molecule has 0 aromatic carbocycles. The van der Waals surface area contributed by atoms with Crippen molar-refractivity contribution < 1.29 is 29.3 Å². The summed E-state index contributed by atoms with van der Waals surface area (Å²) in [7, 11) is 0. The van der Waals surface area contributed by atoms with Gasteiger partial charge >= 0.3 is 18.0 Å². The van der Waals surface area contributed by atoms with Crippen molar-refractivity contribution in [2.45, 2.75) is 31.7 Å². The zero-order valence-electron chi connectivity index (χ0n) is 15.0. The number of aromatic nitrogens is 2. The van der Waals surface area contributed by atoms with Crippen LogP contribution in [0.25, 0.3) is 0 Å². The Kier molecular flexibility index (Phi) is 7.14. The number of carbonyl (C=O) groups is 3. The molecule has 0 aliphatic carbocycles. The van der Waals surface area contributed by atoms with Crippen LogP contribution >= 0.6 is 11.3 Å². The molecular weight excluding hydrogens is 406 g/mol. The fourth-order valence-corrected chi connectivity index (χ4v) is 3.21. The highest BCUT2D eigenvalue weighted by molar-refractivity contribution is 7.13. The van der Waals surface area contributed by atoms with E-state index < -0.39 is 36.1 Å². The molecule has 0 radical (unpaired) electrons. The number of nitrogens with two attached hydrogens (primary N) is 2. The topological polar surface area (TPSA) is 211 Å². The van der Waals surface area contributed by atoms with Crippen molar-refractivity contribution in [3.63, 3.8) is 0 Å². The van der Waals surface area contributed by atoms with Gasteiger partial charge in [-0.15, -0.1) is 11.3 Å². The maximum atomic E-state index is 11.9. The minimum absolute atomic E-state index is 0.0414. The zero-order valence-corrected chi connectivity index (χ0v) is 15.8. The fraction of sp³-hybridized carbons (Fsp3) is 0.312. The van der Waals surface area contributed by atoms with Gasteiger partial charge in [0.25, 0.3) is 5.56 Å². The first kappa shape index (κ1) is 21.7. The smallest absolute Gasteiger partial charge is 0.414 e. The molecule has 12 nitrogen and oxygen atoms in total. The molecule has 0 spiro atoms. The van der Waals surface area contributed by atoms with Crippen LogP contribution in [-0.4, -0.2) is 44.3 Å². The van der Waals surface area contributed by atoms with Crippen LogP contribution in [0, 0.1) is 0 Å². The summed E-state index contributed by atoms with van der Waals surface area (Å²) in [4.78, 5) is 52.3. The standard InChI is InChI=1S/C16H19N5O7S/c17-12-8(13(24)21-15(18)20-12)3-1-7-2-6-11(29-7)28-16(27)19-9(14(25)26)4-5-10(22)23/h2,6,9H,1,3-5H2,(H,19,27)(H,22,23)(H,25,26)(H5,17,18,20,21,24)/t9-/m0/s1. The Morgan fingerprint density at radius 1 is 1.24 bits per heavy atom. The SMILES string of the molecule is Nc1nc(N)c(CCc2ccc(OC(=O)N[C@@H](CCC(=O)O)C(=O)O)s2)c(=O)[nH]1. The highest BCUT2D eigenvalue weighted by Gasteiger charge is 2.22. The van der Waals surface area contributed by atoms with Gasteiger partial charge in [0.05, 0.1) is 5.56 Å². The van der Waals surface area contributed by atoms with Crippen molar-refractivity contribution in [3.05, 3.63) is 32.9 Å². The third kappa shape index (κ3) is 6.49. The number of carboxylic acid groups (broad SMARTS) is 2. The third-order valence-corrected chi connectivity index (χ3v) is 4.78. The molecule has 13 heteroatoms. The van der Waals surface area contributed by atoms with E-state index in [0.717, 1.165) is 16.2 Å². The summed E-state index contributed by atoms with van der Waals surface area (Å²) in [5.41, 5.74) is 11.0. The summed E-state index contributed by atoms with van der Waals surface area (Å²) >= 11 is 1.13. The highest BCUT2D eigenvalue weighted by Crippen LogP contribution is 2.26. The second kappa shape index (κ2) is 9.54. The van der Waals surface area contributed by atoms with Crippen LogP contribution in [0.4, 0.5) is 16.6 Å². The maximum Gasteiger partial charge on any atom is 0.414 e. The van der Waals surface area contributed by atoms with Gasteiger partial charge < -0.3 is 31.7 Å². The molecule has 0 unspecified atom stereocenters. The Morgan fingerprint density at radius 3 is 2.59 bits per heavy atom. The van der Waals surface area contributed by atoms with Gasteiger partial charge in [-0.2, -0.15) is 4.98 Å². The minimum Gasteiger partial charge on any atom is -0.481 e. The average Bonchev–Trinajstić information content (AvgIpc) is 3.04. The van der Waals surface area contributed by atoms with E-state index in [2.05, 4.69) is 15.3 Å². The van der Waals surface area contributed by atoms with Crippen molar-refractivity contribution in [2.75, 3.05) is 11.5 Å². The Labute approximate surface area is 167 Å². The third-order valence-electron chi connectivity index (χ3n) is 3.75. The summed E-state index contributed by atoms with van der Waals surface area (Å²) in [6, 6.07) is 1.81. The second-order valence-corrected chi connectivity index (χ2v) is 7.02. The number of nitrogens with zero attached hydrogens (tertiary/aromatic N) is 1. The number of rotatable bonds is 9. The van der Waals surface area contributed by atoms with E-state index in [9.17, 15) is 19.2 Å². The van der Waals surface area contributed by atoms with Crippen LogP contribution in [0.15, 0.2) is 16.9 Å². The number of carbonyl (C=O) groups excluding carboxylic acids is 1. The number of nitrogens with one attached hydrogen (secondary N) is 2. The first-order valence-electron chi connectivity index (χ1n) is 8.31. The summed E-state index contributed by atoms with van der Waals surface area (Å²) < 4.78 is 5.03. The lowest BCUT2D eigenvalue weighted by Gasteiger charge is -2.12. The Bertz CT molecular complexity index is 971. The molecule has 0 saturated carbocycles. The fourth-order valence-electron chi connectivity index (χ4n) is 2.36. The lowest BCUT2D eigenvalue weighted by Crippen LogP contribution is -2.42. The van der Waals surface area contributed by atoms with Crippen molar-refractivity contribution in [2.24, 2.45) is 0 Å². The molecule has 1 atom stereocenters. The zero-order chi connectivity index (χ0) is 21.6. The number of hydrogen-bond donors (Lipinski definition) is 6. The number of aryl methyl sites for hydroxylation is 1. The van der Waals surface area contributed by atoms with Gasteiger partial charge in [-0.1, -0.05) is 0 Å². The van der Waals surface area contributed by atoms with Gasteiger partial charge in [0.2, 0.25) is 5.95 Å². The second-order valence-electron chi connectivity index (χ2n) is 5.89. The Morgan fingerprint density at radius 2 is 1.97 bits per heavy atom. The summed E-state index contributed by atoms with van der Waals surface area (Å²) in [5, 5.41) is 20.0. The van der Waals surface area contributed by atoms with Gasteiger partial charge in [0, 0.05) is 11.3 Å². The molecule has 0 saturated heterocycles. The van der Waals surface area contributed by atoms with E-state index in [1.165, 1.54) is 6.07 Å². The monoisotopic (exact) mass is 425 g/mol. The quantitative estimate of drug-likeness (QED) is 0.321. The molecule has 2 heterocycles. The molecule has 0 aliphatic rings. The first-order valence-corrected chi connectivity index (χ1v) is 9.13. The normalized spacial score (nSPS) is 11.6. The summed E-state index contributed by atoms with van der Waals surface area (Å²) in [6.07, 6.45) is -0.995. The predicted octanol–water partition coefficient (Wildman–Crippen LogP) is 0.187. The summed E-state index contributed by atoms with van der Waals surface area (Å²) in [5.74, 6) is -2.57. The minimum atomic E-state index is -1.38. The Balaban J connectivity index is 1.92. The van der Waals surface area contributed by atoms with Crippen LogP contribution in [0.1, 0.15) is 23.3 Å². The molecule has 29 heavy (non-hydrogen) atoms. The molecule has 0 aliphatic heterocycles. The lowest BCUT2D eigenvalue weighted by atomic mass is 10.1. The van der Waals surface area contributed by atoms with E-state index >= 15 is 0 Å². The number of aromatic amines is 1. The average molecular weight is 425 g/mol. The number of carboxylic acids is 2. The molecule has 0 bridgehead atoms. The van der Waals surface area contributed by atoms with Crippen LogP contribution in [0.3, 0.4) is 0 Å². The van der Waals surface area contributed by atoms with Gasteiger partial charge in [-0.3, -0.25) is 14.6 Å². The number of H-pyrrole nitrogens is 1. The molecule has 156 valence electrons. The van der Waals surface area contributed by atoms with Crippen molar-refractivity contribution >= 4 is 41.1 Å². The molecule has 8 N–H and O–H groups in total. The van der Waals surface area contributed by atoms with E-state index in [0.29, 0.717) is 6.42 Å². The highest BCUT2D eigenvalue weighted by atomic mass is 32.1. The molecule has 1 amide bonds. The first-order chi connectivity index (χ1) is 13.7. The van der Waals surface area contributed by atoms with E-state index in [4.69, 9.17) is 26.4 Å². The van der Waals surface area contributed by atoms with E-state index in [1.54, 1.807) is 6.07 Å². The van der Waals surface area contributed by atoms with Crippen LogP contribution in [0.5, 0.6) is 5.06 Å². The van der Waals surface area contributed by atoms with Gasteiger partial charge in [-0.25, -0.2) is 9.59 Å². The van der Waals surface area contributed by atoms with Gasteiger partial charge in [0.1, 0.15) is 11.9 Å². The lowest BCUT2D eigenvalue weighted by molar-refractivity contribution is -0.140.